The fourth-order valence-electron chi connectivity index (χ4n) is 2.37. The maximum Gasteiger partial charge on any atom is 0.313 e. The summed E-state index contributed by atoms with van der Waals surface area (Å²) in [5.41, 5.74) is 0.641. The van der Waals surface area contributed by atoms with E-state index in [2.05, 4.69) is 5.32 Å². The maximum atomic E-state index is 12.6. The van der Waals surface area contributed by atoms with Crippen LogP contribution in [0.2, 0.25) is 0 Å². The van der Waals surface area contributed by atoms with Gasteiger partial charge in [0.2, 0.25) is 5.91 Å². The number of carboxylic acid groups (broad SMARTS) is 1. The van der Waals surface area contributed by atoms with Crippen molar-refractivity contribution in [2.45, 2.75) is 38.5 Å². The maximum absolute atomic E-state index is 12.6. The zero-order valence-electron chi connectivity index (χ0n) is 14.5. The lowest BCUT2D eigenvalue weighted by Crippen LogP contribution is -2.34. The molecular formula is C20H23NO3. The highest BCUT2D eigenvalue weighted by molar-refractivity contribution is 5.98. The zero-order chi connectivity index (χ0) is 18.0. The summed E-state index contributed by atoms with van der Waals surface area (Å²) in [5.74, 6) is -0.997. The molecule has 0 saturated heterocycles. The molecule has 4 heteroatoms. The minimum absolute atomic E-state index is 0.112. The van der Waals surface area contributed by atoms with Crippen molar-refractivity contribution in [1.82, 2.24) is 0 Å². The van der Waals surface area contributed by atoms with E-state index in [0.717, 1.165) is 5.56 Å². The highest BCUT2D eigenvalue weighted by atomic mass is 16.4. The number of carbonyl (C=O) groups is 2. The SMILES string of the molecule is CC(C)(C(=O)O)c1ccc(NC(=O)C(C)(C)c2ccccc2)cc1. The van der Waals surface area contributed by atoms with E-state index in [1.165, 1.54) is 0 Å². The predicted octanol–water partition coefficient (Wildman–Crippen LogP) is 3.97. The monoisotopic (exact) mass is 325 g/mol. The third-order valence-corrected chi connectivity index (χ3v) is 4.46. The van der Waals surface area contributed by atoms with Gasteiger partial charge in [0.15, 0.2) is 0 Å². The van der Waals surface area contributed by atoms with Gasteiger partial charge >= 0.3 is 5.97 Å². The standard InChI is InChI=1S/C20H23NO3/c1-19(2,14-8-6-5-7-9-14)17(22)21-16-12-10-15(11-13-16)20(3,4)18(23)24/h5-13H,1-4H3,(H,21,22)(H,23,24). The van der Waals surface area contributed by atoms with Gasteiger partial charge in [-0.3, -0.25) is 9.59 Å². The Morgan fingerprint density at radius 1 is 0.792 bits per heavy atom. The summed E-state index contributed by atoms with van der Waals surface area (Å²) < 4.78 is 0. The van der Waals surface area contributed by atoms with Crippen LogP contribution in [0.15, 0.2) is 54.6 Å². The Labute approximate surface area is 142 Å². The fraction of sp³-hybridized carbons (Fsp3) is 0.300. The molecular weight excluding hydrogens is 302 g/mol. The summed E-state index contributed by atoms with van der Waals surface area (Å²) in [5, 5.41) is 12.2. The second-order valence-corrected chi connectivity index (χ2v) is 6.95. The highest BCUT2D eigenvalue weighted by Crippen LogP contribution is 2.27. The molecule has 4 nitrogen and oxygen atoms in total. The lowest BCUT2D eigenvalue weighted by molar-refractivity contribution is -0.142. The molecule has 1 amide bonds. The molecule has 0 heterocycles. The Morgan fingerprint density at radius 3 is 1.79 bits per heavy atom. The third-order valence-electron chi connectivity index (χ3n) is 4.46. The molecule has 0 bridgehead atoms. The van der Waals surface area contributed by atoms with Crippen LogP contribution in [0.25, 0.3) is 0 Å². The Hall–Kier alpha value is -2.62. The average molecular weight is 325 g/mol. The van der Waals surface area contributed by atoms with Crippen LogP contribution in [0.5, 0.6) is 0 Å². The van der Waals surface area contributed by atoms with E-state index in [9.17, 15) is 14.7 Å². The van der Waals surface area contributed by atoms with Crippen molar-refractivity contribution >= 4 is 17.6 Å². The van der Waals surface area contributed by atoms with Crippen molar-refractivity contribution in [1.29, 1.82) is 0 Å². The molecule has 0 aromatic heterocycles. The highest BCUT2D eigenvalue weighted by Gasteiger charge is 2.31. The van der Waals surface area contributed by atoms with Gasteiger partial charge in [-0.2, -0.15) is 0 Å². The van der Waals surface area contributed by atoms with Crippen molar-refractivity contribution in [3.05, 3.63) is 65.7 Å². The number of benzene rings is 2. The summed E-state index contributed by atoms with van der Waals surface area (Å²) in [4.78, 5) is 23.9. The second kappa shape index (κ2) is 6.48. The smallest absolute Gasteiger partial charge is 0.313 e. The molecule has 0 aliphatic rings. The first kappa shape index (κ1) is 17.7. The Bertz CT molecular complexity index is 731. The molecule has 0 fully saturated rings. The van der Waals surface area contributed by atoms with Gasteiger partial charge in [-0.25, -0.2) is 0 Å². The summed E-state index contributed by atoms with van der Waals surface area (Å²) in [6, 6.07) is 16.5. The van der Waals surface area contributed by atoms with Crippen LogP contribution in [-0.4, -0.2) is 17.0 Å². The van der Waals surface area contributed by atoms with Crippen molar-refractivity contribution < 1.29 is 14.7 Å². The number of amides is 1. The van der Waals surface area contributed by atoms with Crippen molar-refractivity contribution in [2.75, 3.05) is 5.32 Å². The van der Waals surface area contributed by atoms with Crippen LogP contribution in [0.4, 0.5) is 5.69 Å². The fourth-order valence-corrected chi connectivity index (χ4v) is 2.37. The normalized spacial score (nSPS) is 11.8. The molecule has 2 aromatic rings. The molecule has 2 aromatic carbocycles. The molecule has 0 unspecified atom stereocenters. The van der Waals surface area contributed by atoms with Crippen LogP contribution in [0, 0.1) is 0 Å². The van der Waals surface area contributed by atoms with E-state index in [1.54, 1.807) is 38.1 Å². The predicted molar refractivity (Wildman–Crippen MR) is 95.2 cm³/mol. The van der Waals surface area contributed by atoms with Crippen LogP contribution < -0.4 is 5.32 Å². The average Bonchev–Trinajstić information content (AvgIpc) is 2.56. The minimum Gasteiger partial charge on any atom is -0.481 e. The van der Waals surface area contributed by atoms with Crippen molar-refractivity contribution in [3.63, 3.8) is 0 Å². The van der Waals surface area contributed by atoms with Crippen molar-refractivity contribution in [2.24, 2.45) is 0 Å². The van der Waals surface area contributed by atoms with Gasteiger partial charge in [-0.1, -0.05) is 42.5 Å². The Balaban J connectivity index is 2.17. The molecule has 126 valence electrons. The number of aliphatic carboxylic acids is 1. The van der Waals surface area contributed by atoms with Gasteiger partial charge in [0.25, 0.3) is 0 Å². The number of carboxylic acids is 1. The molecule has 2 rings (SSSR count). The number of hydrogen-bond donors (Lipinski definition) is 2. The second-order valence-electron chi connectivity index (χ2n) is 6.95. The lowest BCUT2D eigenvalue weighted by atomic mass is 9.83. The first-order valence-corrected chi connectivity index (χ1v) is 7.86. The van der Waals surface area contributed by atoms with Gasteiger partial charge < -0.3 is 10.4 Å². The topological polar surface area (TPSA) is 66.4 Å². The first-order valence-electron chi connectivity index (χ1n) is 7.86. The van der Waals surface area contributed by atoms with Crippen LogP contribution in [-0.2, 0) is 20.4 Å². The van der Waals surface area contributed by atoms with Gasteiger partial charge in [0.1, 0.15) is 0 Å². The summed E-state index contributed by atoms with van der Waals surface area (Å²) in [7, 11) is 0. The van der Waals surface area contributed by atoms with Gasteiger partial charge in [-0.05, 0) is 51.0 Å². The molecule has 2 N–H and O–H groups in total. The Morgan fingerprint density at radius 2 is 1.29 bits per heavy atom. The van der Waals surface area contributed by atoms with Gasteiger partial charge in [0, 0.05) is 5.69 Å². The minimum atomic E-state index is -0.966. The van der Waals surface area contributed by atoms with E-state index in [1.807, 2.05) is 44.2 Å². The lowest BCUT2D eigenvalue weighted by Gasteiger charge is -2.24. The third kappa shape index (κ3) is 3.48. The Kier molecular flexibility index (Phi) is 4.78. The van der Waals surface area contributed by atoms with Crippen LogP contribution >= 0.6 is 0 Å². The van der Waals surface area contributed by atoms with E-state index in [0.29, 0.717) is 11.3 Å². The molecule has 0 aliphatic carbocycles. The summed E-state index contributed by atoms with van der Waals surface area (Å²) in [6.07, 6.45) is 0. The number of hydrogen-bond acceptors (Lipinski definition) is 2. The molecule has 24 heavy (non-hydrogen) atoms. The summed E-state index contributed by atoms with van der Waals surface area (Å²) in [6.45, 7) is 7.06. The van der Waals surface area contributed by atoms with Gasteiger partial charge in [-0.15, -0.1) is 0 Å². The van der Waals surface area contributed by atoms with Crippen LogP contribution in [0.1, 0.15) is 38.8 Å². The number of nitrogens with one attached hydrogen (secondary N) is 1. The van der Waals surface area contributed by atoms with E-state index >= 15 is 0 Å². The first-order chi connectivity index (χ1) is 11.2. The van der Waals surface area contributed by atoms with Crippen molar-refractivity contribution in [3.8, 4) is 0 Å². The molecule has 0 radical (unpaired) electrons. The molecule has 0 saturated carbocycles. The van der Waals surface area contributed by atoms with E-state index < -0.39 is 16.8 Å². The molecule has 0 atom stereocenters. The number of carbonyl (C=O) groups excluding carboxylic acids is 1. The molecule has 0 aliphatic heterocycles. The molecule has 0 spiro atoms. The van der Waals surface area contributed by atoms with Gasteiger partial charge in [0.05, 0.1) is 10.8 Å². The van der Waals surface area contributed by atoms with E-state index in [-0.39, 0.29) is 5.91 Å². The van der Waals surface area contributed by atoms with E-state index in [4.69, 9.17) is 0 Å². The summed E-state index contributed by atoms with van der Waals surface area (Å²) >= 11 is 0. The largest absolute Gasteiger partial charge is 0.481 e. The number of rotatable bonds is 5. The quantitative estimate of drug-likeness (QED) is 0.874. The van der Waals surface area contributed by atoms with Crippen LogP contribution in [0.3, 0.4) is 0 Å². The zero-order valence-corrected chi connectivity index (χ0v) is 14.5. The number of anilines is 1.